The molecule has 37 heavy (non-hydrogen) atoms. The Labute approximate surface area is 213 Å². The van der Waals surface area contributed by atoms with Gasteiger partial charge in [0.2, 0.25) is 5.95 Å². The van der Waals surface area contributed by atoms with Gasteiger partial charge in [-0.2, -0.15) is 5.26 Å². The number of pyridine rings is 1. The van der Waals surface area contributed by atoms with Gasteiger partial charge in [-0.1, -0.05) is 18.1 Å². The van der Waals surface area contributed by atoms with Crippen molar-refractivity contribution in [3.8, 4) is 29.2 Å². The van der Waals surface area contributed by atoms with E-state index in [1.54, 1.807) is 31.3 Å². The molecule has 0 bridgehead atoms. The van der Waals surface area contributed by atoms with Crippen molar-refractivity contribution in [1.29, 1.82) is 5.26 Å². The zero-order valence-electron chi connectivity index (χ0n) is 20.1. The van der Waals surface area contributed by atoms with Gasteiger partial charge in [-0.15, -0.1) is 0 Å². The molecule has 1 aromatic carbocycles. The number of nitrogens with one attached hydrogen (secondary N) is 1. The molecule has 1 atom stereocenters. The number of amides is 2. The van der Waals surface area contributed by atoms with Crippen molar-refractivity contribution < 1.29 is 9.59 Å². The standard InChI is InChI=1S/C28H23N7O2/c1-2-4-26(36)34-14-3-5-22(34)21-16-24(35-23(21)11-13-32-28(35)30)19-6-8-20(9-7-19)27(37)33-25-15-18(17-29)10-12-31-25/h6-13,15-16,22H,3,5,14H2,1H3,(H2,30,32)(H,31,33,37). The Morgan fingerprint density at radius 1 is 1.11 bits per heavy atom. The maximum atomic E-state index is 12.7. The quantitative estimate of drug-likeness (QED) is 0.420. The number of aromatic nitrogens is 3. The van der Waals surface area contributed by atoms with Crippen LogP contribution in [0.1, 0.15) is 47.3 Å². The summed E-state index contributed by atoms with van der Waals surface area (Å²) in [5.74, 6) is 5.47. The van der Waals surface area contributed by atoms with E-state index in [4.69, 9.17) is 11.0 Å². The number of fused-ring (bicyclic) bond motifs is 1. The molecule has 1 aliphatic heterocycles. The summed E-state index contributed by atoms with van der Waals surface area (Å²) in [6, 6.07) is 16.0. The lowest BCUT2D eigenvalue weighted by atomic mass is 10.0. The third-order valence-corrected chi connectivity index (χ3v) is 6.42. The largest absolute Gasteiger partial charge is 0.369 e. The second kappa shape index (κ2) is 9.84. The molecule has 1 fully saturated rings. The van der Waals surface area contributed by atoms with E-state index in [1.807, 2.05) is 39.6 Å². The van der Waals surface area contributed by atoms with Gasteiger partial charge in [0.25, 0.3) is 11.8 Å². The number of benzene rings is 1. The van der Waals surface area contributed by atoms with Crippen LogP contribution in [0.3, 0.4) is 0 Å². The molecule has 3 aromatic heterocycles. The molecule has 0 aliphatic carbocycles. The van der Waals surface area contributed by atoms with Crippen molar-refractivity contribution in [2.24, 2.45) is 0 Å². The third kappa shape index (κ3) is 4.46. The van der Waals surface area contributed by atoms with Crippen molar-refractivity contribution >= 4 is 29.1 Å². The maximum absolute atomic E-state index is 12.7. The fraction of sp³-hybridized carbons (Fsp3) is 0.179. The van der Waals surface area contributed by atoms with E-state index in [-0.39, 0.29) is 17.9 Å². The lowest BCUT2D eigenvalue weighted by molar-refractivity contribution is -0.125. The number of nitriles is 1. The van der Waals surface area contributed by atoms with Crippen molar-refractivity contribution in [2.75, 3.05) is 17.6 Å². The highest BCUT2D eigenvalue weighted by atomic mass is 16.2. The first kappa shape index (κ1) is 23.6. The molecule has 4 aromatic rings. The van der Waals surface area contributed by atoms with Crippen LogP contribution < -0.4 is 11.1 Å². The van der Waals surface area contributed by atoms with Gasteiger partial charge in [0, 0.05) is 30.1 Å². The second-order valence-electron chi connectivity index (χ2n) is 8.61. The number of carbonyl (C=O) groups is 2. The molecule has 4 heterocycles. The summed E-state index contributed by atoms with van der Waals surface area (Å²) in [6.45, 7) is 2.31. The molecule has 1 aliphatic rings. The van der Waals surface area contributed by atoms with E-state index in [1.165, 1.54) is 12.3 Å². The number of carbonyl (C=O) groups excluding carboxylic acids is 2. The first-order chi connectivity index (χ1) is 18.0. The van der Waals surface area contributed by atoms with Gasteiger partial charge < -0.3 is 16.0 Å². The van der Waals surface area contributed by atoms with Gasteiger partial charge in [-0.25, -0.2) is 9.97 Å². The summed E-state index contributed by atoms with van der Waals surface area (Å²) in [5, 5.41) is 11.8. The minimum atomic E-state index is -0.340. The van der Waals surface area contributed by atoms with E-state index >= 15 is 0 Å². The number of hydrogen-bond acceptors (Lipinski definition) is 6. The molecule has 1 unspecified atom stereocenters. The summed E-state index contributed by atoms with van der Waals surface area (Å²) in [7, 11) is 0. The van der Waals surface area contributed by atoms with Crippen molar-refractivity contribution in [3.63, 3.8) is 0 Å². The van der Waals surface area contributed by atoms with Crippen LogP contribution in [0.2, 0.25) is 0 Å². The lowest BCUT2D eigenvalue weighted by Crippen LogP contribution is -2.29. The van der Waals surface area contributed by atoms with E-state index in [9.17, 15) is 9.59 Å². The van der Waals surface area contributed by atoms with Crippen LogP contribution in [-0.2, 0) is 4.79 Å². The Balaban J connectivity index is 1.48. The molecule has 0 radical (unpaired) electrons. The Morgan fingerprint density at radius 3 is 2.65 bits per heavy atom. The summed E-state index contributed by atoms with van der Waals surface area (Å²) in [5.41, 5.74) is 10.6. The Bertz CT molecular complexity index is 1620. The number of rotatable bonds is 4. The number of nitrogen functional groups attached to an aromatic ring is 1. The molecular formula is C28H23N7O2. The summed E-state index contributed by atoms with van der Waals surface area (Å²) >= 11 is 0. The predicted molar refractivity (Wildman–Crippen MR) is 139 cm³/mol. The van der Waals surface area contributed by atoms with Crippen molar-refractivity contribution in [2.45, 2.75) is 25.8 Å². The Hall–Kier alpha value is -5.15. The van der Waals surface area contributed by atoms with Gasteiger partial charge >= 0.3 is 0 Å². The molecular weight excluding hydrogens is 466 g/mol. The van der Waals surface area contributed by atoms with Gasteiger partial charge in [0.05, 0.1) is 28.9 Å². The number of nitrogens with zero attached hydrogens (tertiary/aromatic N) is 5. The normalized spacial score (nSPS) is 14.6. The van der Waals surface area contributed by atoms with Gasteiger partial charge in [0.15, 0.2) is 0 Å². The second-order valence-corrected chi connectivity index (χ2v) is 8.61. The Kier molecular flexibility index (Phi) is 6.27. The SMILES string of the molecule is CC#CC(=O)N1CCCC1c1cc(-c2ccc(C(=O)Nc3cc(C#N)ccn3)cc2)n2c(N)nccc12. The zero-order chi connectivity index (χ0) is 25.9. The zero-order valence-corrected chi connectivity index (χ0v) is 20.1. The van der Waals surface area contributed by atoms with Crippen molar-refractivity contribution in [1.82, 2.24) is 19.3 Å². The molecule has 2 amide bonds. The number of likely N-dealkylation sites (tertiary alicyclic amines) is 1. The minimum Gasteiger partial charge on any atom is -0.369 e. The summed E-state index contributed by atoms with van der Waals surface area (Å²) in [6.07, 6.45) is 4.86. The summed E-state index contributed by atoms with van der Waals surface area (Å²) in [4.78, 5) is 35.5. The fourth-order valence-corrected chi connectivity index (χ4v) is 4.74. The van der Waals surface area contributed by atoms with Crippen LogP contribution in [-0.4, -0.2) is 37.6 Å². The van der Waals surface area contributed by atoms with Crippen LogP contribution >= 0.6 is 0 Å². The molecule has 5 rings (SSSR count). The molecule has 0 spiro atoms. The first-order valence-electron chi connectivity index (χ1n) is 11.8. The number of hydrogen-bond donors (Lipinski definition) is 2. The topological polar surface area (TPSA) is 129 Å². The molecule has 9 heteroatoms. The third-order valence-electron chi connectivity index (χ3n) is 6.42. The van der Waals surface area contributed by atoms with Gasteiger partial charge in [-0.05, 0) is 67.6 Å². The predicted octanol–water partition coefficient (Wildman–Crippen LogP) is 3.79. The van der Waals surface area contributed by atoms with Crippen LogP contribution in [0.5, 0.6) is 0 Å². The van der Waals surface area contributed by atoms with E-state index in [2.05, 4.69) is 27.1 Å². The van der Waals surface area contributed by atoms with Crippen LogP contribution in [0, 0.1) is 23.2 Å². The first-order valence-corrected chi connectivity index (χ1v) is 11.8. The molecule has 0 saturated carbocycles. The molecule has 3 N–H and O–H groups in total. The maximum Gasteiger partial charge on any atom is 0.298 e. The number of anilines is 2. The highest BCUT2D eigenvalue weighted by molar-refractivity contribution is 6.04. The smallest absolute Gasteiger partial charge is 0.298 e. The monoisotopic (exact) mass is 489 g/mol. The van der Waals surface area contributed by atoms with Gasteiger partial charge in [0.1, 0.15) is 5.82 Å². The van der Waals surface area contributed by atoms with Crippen molar-refractivity contribution in [3.05, 3.63) is 77.6 Å². The molecule has 1 saturated heterocycles. The fourth-order valence-electron chi connectivity index (χ4n) is 4.74. The average Bonchev–Trinajstić information content (AvgIpc) is 3.55. The van der Waals surface area contributed by atoms with E-state index in [0.29, 0.717) is 29.4 Å². The highest BCUT2D eigenvalue weighted by Crippen LogP contribution is 2.39. The minimum absolute atomic E-state index is 0.111. The van der Waals surface area contributed by atoms with Crippen LogP contribution in [0.15, 0.2) is 60.9 Å². The summed E-state index contributed by atoms with van der Waals surface area (Å²) < 4.78 is 1.87. The van der Waals surface area contributed by atoms with Crippen LogP contribution in [0.25, 0.3) is 16.8 Å². The number of nitrogens with two attached hydrogens (primary N) is 1. The average molecular weight is 490 g/mol. The lowest BCUT2D eigenvalue weighted by Gasteiger charge is -2.22. The van der Waals surface area contributed by atoms with Gasteiger partial charge in [-0.3, -0.25) is 14.0 Å². The molecule has 182 valence electrons. The molecule has 9 nitrogen and oxygen atoms in total. The highest BCUT2D eigenvalue weighted by Gasteiger charge is 2.32. The Morgan fingerprint density at radius 2 is 1.89 bits per heavy atom. The van der Waals surface area contributed by atoms with Crippen LogP contribution in [0.4, 0.5) is 11.8 Å². The van der Waals surface area contributed by atoms with E-state index < -0.39 is 0 Å². The van der Waals surface area contributed by atoms with E-state index in [0.717, 1.165) is 35.2 Å².